The zero-order valence-electron chi connectivity index (χ0n) is 12.5. The lowest BCUT2D eigenvalue weighted by atomic mass is 10.1. The van der Waals surface area contributed by atoms with E-state index in [0.717, 1.165) is 30.2 Å². The predicted octanol–water partition coefficient (Wildman–Crippen LogP) is 3.60. The quantitative estimate of drug-likeness (QED) is 0.525. The number of hydrazine groups is 1. The summed E-state index contributed by atoms with van der Waals surface area (Å²) >= 11 is 9.25. The van der Waals surface area contributed by atoms with E-state index in [4.69, 9.17) is 16.3 Å². The molecule has 0 radical (unpaired) electrons. The van der Waals surface area contributed by atoms with Gasteiger partial charge in [-0.1, -0.05) is 53.7 Å². The number of hydrogen-bond donors (Lipinski definition) is 2. The van der Waals surface area contributed by atoms with E-state index in [1.807, 2.05) is 0 Å². The number of ether oxygens (including phenoxy) is 1. The van der Waals surface area contributed by atoms with Crippen molar-refractivity contribution in [3.63, 3.8) is 0 Å². The summed E-state index contributed by atoms with van der Waals surface area (Å²) in [4.78, 5) is 23.1. The molecule has 122 valence electrons. The smallest absolute Gasteiger partial charge is 0.276 e. The van der Waals surface area contributed by atoms with Gasteiger partial charge in [-0.2, -0.15) is 0 Å². The third-order valence-electron chi connectivity index (χ3n) is 2.85. The number of carbonyl (C=O) groups excluding carboxylic acids is 2. The number of hydrogen-bond acceptors (Lipinski definition) is 3. The monoisotopic (exact) mass is 390 g/mol. The highest BCUT2D eigenvalue weighted by Crippen LogP contribution is 2.27. The molecule has 1 aromatic carbocycles. The molecule has 0 aliphatic rings. The molecule has 1 rings (SSSR count). The maximum Gasteiger partial charge on any atom is 0.276 e. The van der Waals surface area contributed by atoms with Crippen molar-refractivity contribution in [3.05, 3.63) is 27.7 Å². The van der Waals surface area contributed by atoms with Crippen molar-refractivity contribution in [2.75, 3.05) is 6.61 Å². The fourth-order valence-corrected chi connectivity index (χ4v) is 2.41. The molecule has 0 aliphatic heterocycles. The van der Waals surface area contributed by atoms with Crippen LogP contribution in [0.15, 0.2) is 22.7 Å². The summed E-state index contributed by atoms with van der Waals surface area (Å²) in [6.07, 6.45) is 4.47. The molecule has 5 nitrogen and oxygen atoms in total. The normalized spacial score (nSPS) is 10.1. The second-order valence-electron chi connectivity index (χ2n) is 4.77. The number of benzene rings is 1. The van der Waals surface area contributed by atoms with E-state index in [-0.39, 0.29) is 12.5 Å². The molecule has 0 fully saturated rings. The Morgan fingerprint density at radius 3 is 2.59 bits per heavy atom. The zero-order chi connectivity index (χ0) is 16.4. The number of unbranched alkanes of at least 4 members (excludes halogenated alkanes) is 3. The molecule has 0 aromatic heterocycles. The van der Waals surface area contributed by atoms with E-state index in [1.165, 1.54) is 0 Å². The Bertz CT molecular complexity index is 512. The summed E-state index contributed by atoms with van der Waals surface area (Å²) in [6, 6.07) is 5.09. The van der Waals surface area contributed by atoms with Gasteiger partial charge in [0.2, 0.25) is 5.91 Å². The molecule has 0 spiro atoms. The van der Waals surface area contributed by atoms with Gasteiger partial charge in [-0.3, -0.25) is 20.4 Å². The molecule has 2 amide bonds. The minimum Gasteiger partial charge on any atom is -0.482 e. The number of carbonyl (C=O) groups is 2. The molecule has 2 N–H and O–H groups in total. The van der Waals surface area contributed by atoms with Crippen molar-refractivity contribution in [1.29, 1.82) is 0 Å². The lowest BCUT2D eigenvalue weighted by Gasteiger charge is -2.10. The minimum atomic E-state index is -0.444. The highest BCUT2D eigenvalue weighted by atomic mass is 79.9. The summed E-state index contributed by atoms with van der Waals surface area (Å²) in [6.45, 7) is 1.88. The first-order valence-electron chi connectivity index (χ1n) is 7.18. The summed E-state index contributed by atoms with van der Waals surface area (Å²) < 4.78 is 6.11. The Kier molecular flexibility index (Phi) is 8.92. The summed E-state index contributed by atoms with van der Waals surface area (Å²) in [5, 5.41) is 0.405. The standard InChI is InChI=1S/C15H20BrClN2O3/c1-2-3-4-5-6-14(20)18-19-15(21)10-22-13-8-7-11(16)9-12(13)17/h7-9H,2-6,10H2,1H3,(H,18,20)(H,19,21). The van der Waals surface area contributed by atoms with Crippen LogP contribution in [0.25, 0.3) is 0 Å². The molecule has 0 saturated carbocycles. The molecule has 0 heterocycles. The van der Waals surface area contributed by atoms with Crippen LogP contribution in [0.2, 0.25) is 5.02 Å². The fourth-order valence-electron chi connectivity index (χ4n) is 1.69. The van der Waals surface area contributed by atoms with Gasteiger partial charge in [0.25, 0.3) is 5.91 Å². The van der Waals surface area contributed by atoms with E-state index in [1.54, 1.807) is 18.2 Å². The van der Waals surface area contributed by atoms with Gasteiger partial charge in [0.15, 0.2) is 6.61 Å². The largest absolute Gasteiger partial charge is 0.482 e. The Balaban J connectivity index is 2.22. The van der Waals surface area contributed by atoms with Gasteiger partial charge >= 0.3 is 0 Å². The molecule has 7 heteroatoms. The van der Waals surface area contributed by atoms with Crippen LogP contribution in [-0.2, 0) is 9.59 Å². The third kappa shape index (κ3) is 7.66. The minimum absolute atomic E-state index is 0.203. The first-order valence-corrected chi connectivity index (χ1v) is 8.35. The zero-order valence-corrected chi connectivity index (χ0v) is 14.8. The van der Waals surface area contributed by atoms with Gasteiger partial charge in [-0.25, -0.2) is 0 Å². The number of rotatable bonds is 8. The van der Waals surface area contributed by atoms with Crippen LogP contribution in [0.1, 0.15) is 39.0 Å². The SMILES string of the molecule is CCCCCCC(=O)NNC(=O)COc1ccc(Br)cc1Cl. The van der Waals surface area contributed by atoms with Crippen LogP contribution in [0, 0.1) is 0 Å². The van der Waals surface area contributed by atoms with Crippen LogP contribution in [0.4, 0.5) is 0 Å². The summed E-state index contributed by atoms with van der Waals surface area (Å²) in [7, 11) is 0. The third-order valence-corrected chi connectivity index (χ3v) is 3.64. The summed E-state index contributed by atoms with van der Waals surface area (Å²) in [5.41, 5.74) is 4.67. The van der Waals surface area contributed by atoms with Crippen LogP contribution in [0.3, 0.4) is 0 Å². The Morgan fingerprint density at radius 2 is 1.91 bits per heavy atom. The maximum absolute atomic E-state index is 11.6. The molecule has 0 saturated heterocycles. The van der Waals surface area contributed by atoms with E-state index in [0.29, 0.717) is 17.2 Å². The molecular formula is C15H20BrClN2O3. The second-order valence-corrected chi connectivity index (χ2v) is 6.09. The van der Waals surface area contributed by atoms with Crippen molar-refractivity contribution in [2.24, 2.45) is 0 Å². The molecule has 0 unspecified atom stereocenters. The Labute approximate surface area is 143 Å². The molecule has 0 atom stereocenters. The van der Waals surface area contributed by atoms with Crippen LogP contribution < -0.4 is 15.6 Å². The van der Waals surface area contributed by atoms with E-state index in [9.17, 15) is 9.59 Å². The number of amides is 2. The van der Waals surface area contributed by atoms with Gasteiger partial charge in [0.1, 0.15) is 5.75 Å². The highest BCUT2D eigenvalue weighted by Gasteiger charge is 2.07. The van der Waals surface area contributed by atoms with Crippen molar-refractivity contribution < 1.29 is 14.3 Å². The average Bonchev–Trinajstić information content (AvgIpc) is 2.48. The van der Waals surface area contributed by atoms with Gasteiger partial charge in [0, 0.05) is 10.9 Å². The number of nitrogens with one attached hydrogen (secondary N) is 2. The van der Waals surface area contributed by atoms with Crippen molar-refractivity contribution in [3.8, 4) is 5.75 Å². The van der Waals surface area contributed by atoms with Crippen molar-refractivity contribution in [2.45, 2.75) is 39.0 Å². The molecular weight excluding hydrogens is 372 g/mol. The van der Waals surface area contributed by atoms with Crippen molar-refractivity contribution in [1.82, 2.24) is 10.9 Å². The first kappa shape index (κ1) is 18.8. The average molecular weight is 392 g/mol. The Morgan fingerprint density at radius 1 is 1.18 bits per heavy atom. The maximum atomic E-state index is 11.6. The van der Waals surface area contributed by atoms with Crippen LogP contribution >= 0.6 is 27.5 Å². The topological polar surface area (TPSA) is 67.4 Å². The molecule has 0 aliphatic carbocycles. The van der Waals surface area contributed by atoms with E-state index in [2.05, 4.69) is 33.7 Å². The highest BCUT2D eigenvalue weighted by molar-refractivity contribution is 9.10. The van der Waals surface area contributed by atoms with Gasteiger partial charge < -0.3 is 4.74 Å². The van der Waals surface area contributed by atoms with Gasteiger partial charge in [0.05, 0.1) is 5.02 Å². The van der Waals surface area contributed by atoms with E-state index < -0.39 is 5.91 Å². The number of halogens is 2. The lowest BCUT2D eigenvalue weighted by Crippen LogP contribution is -2.43. The predicted molar refractivity (Wildman–Crippen MR) is 89.7 cm³/mol. The fraction of sp³-hybridized carbons (Fsp3) is 0.467. The van der Waals surface area contributed by atoms with Gasteiger partial charge in [-0.05, 0) is 24.6 Å². The molecule has 22 heavy (non-hydrogen) atoms. The first-order chi connectivity index (χ1) is 10.5. The van der Waals surface area contributed by atoms with Crippen LogP contribution in [-0.4, -0.2) is 18.4 Å². The molecule has 1 aromatic rings. The van der Waals surface area contributed by atoms with Gasteiger partial charge in [-0.15, -0.1) is 0 Å². The van der Waals surface area contributed by atoms with Crippen molar-refractivity contribution >= 4 is 39.3 Å². The van der Waals surface area contributed by atoms with Crippen LogP contribution in [0.5, 0.6) is 5.75 Å². The lowest BCUT2D eigenvalue weighted by molar-refractivity contribution is -0.130. The second kappa shape index (κ2) is 10.5. The molecule has 0 bridgehead atoms. The summed E-state index contributed by atoms with van der Waals surface area (Å²) in [5.74, 6) is -0.238. The Hall–Kier alpha value is -1.27. The van der Waals surface area contributed by atoms with E-state index >= 15 is 0 Å².